The predicted molar refractivity (Wildman–Crippen MR) is 64.4 cm³/mol. The van der Waals surface area contributed by atoms with Crippen LogP contribution in [0.1, 0.15) is 0 Å². The molecule has 7 nitrogen and oxygen atoms in total. The largest absolute Gasteiger partial charge is 0.508 e. The lowest BCUT2D eigenvalue weighted by molar-refractivity contribution is -0.202. The van der Waals surface area contributed by atoms with Crippen LogP contribution in [0.5, 0.6) is 11.5 Å². The van der Waals surface area contributed by atoms with Crippen LogP contribution in [0.15, 0.2) is 24.3 Å². The molecule has 2 rings (SSSR count). The summed E-state index contributed by atoms with van der Waals surface area (Å²) in [6, 6.07) is 5.97. The number of nitrogens with two attached hydrogens (primary N) is 1. The molecule has 7 heteroatoms. The van der Waals surface area contributed by atoms with Gasteiger partial charge in [0.15, 0.2) is 12.4 Å². The van der Waals surface area contributed by atoms with Crippen LogP contribution in [-0.2, 0) is 9.47 Å². The molecule has 0 aliphatic carbocycles. The van der Waals surface area contributed by atoms with Crippen LogP contribution in [-0.4, -0.2) is 53.3 Å². The third-order valence-electron chi connectivity index (χ3n) is 2.68. The third-order valence-corrected chi connectivity index (χ3v) is 2.68. The smallest absolute Gasteiger partial charge is 0.200 e. The minimum Gasteiger partial charge on any atom is -0.508 e. The minimum atomic E-state index is -1.37. The van der Waals surface area contributed by atoms with Gasteiger partial charge >= 0.3 is 0 Å². The number of hydrogen-bond donors (Lipinski definition) is 4. The van der Waals surface area contributed by atoms with E-state index >= 15 is 0 Å². The van der Waals surface area contributed by atoms with E-state index in [1.165, 1.54) is 24.3 Å². The number of ether oxygens (including phenoxy) is 3. The molecule has 1 aromatic rings. The standard InChI is InChI=1S/C12H17NO6/c13-5-6-17-12-10(9(15)11(16)19-12)18-8-3-1-7(14)2-4-8/h1-4,9-12,14-16H,5-6,13H2. The summed E-state index contributed by atoms with van der Waals surface area (Å²) in [4.78, 5) is 0. The maximum absolute atomic E-state index is 9.78. The molecule has 0 spiro atoms. The topological polar surface area (TPSA) is 114 Å². The van der Waals surface area contributed by atoms with E-state index in [1.54, 1.807) is 0 Å². The lowest BCUT2D eigenvalue weighted by Gasteiger charge is -2.21. The van der Waals surface area contributed by atoms with Crippen molar-refractivity contribution >= 4 is 0 Å². The van der Waals surface area contributed by atoms with Crippen molar-refractivity contribution in [3.05, 3.63) is 24.3 Å². The SMILES string of the molecule is NCCOC1OC(O)C(O)C1Oc1ccc(O)cc1. The molecule has 1 heterocycles. The van der Waals surface area contributed by atoms with Gasteiger partial charge in [-0.2, -0.15) is 0 Å². The summed E-state index contributed by atoms with van der Waals surface area (Å²) in [6.07, 6.45) is -4.37. The van der Waals surface area contributed by atoms with E-state index in [9.17, 15) is 15.3 Å². The zero-order chi connectivity index (χ0) is 13.8. The summed E-state index contributed by atoms with van der Waals surface area (Å²) in [5.74, 6) is 0.521. The Morgan fingerprint density at radius 3 is 2.53 bits per heavy atom. The molecule has 4 atom stereocenters. The summed E-state index contributed by atoms with van der Waals surface area (Å²) in [5, 5.41) is 28.4. The predicted octanol–water partition coefficient (Wildman–Crippen LogP) is -0.849. The number of aromatic hydroxyl groups is 1. The second-order valence-corrected chi connectivity index (χ2v) is 4.12. The Morgan fingerprint density at radius 1 is 1.21 bits per heavy atom. The van der Waals surface area contributed by atoms with Crippen molar-refractivity contribution in [3.8, 4) is 11.5 Å². The van der Waals surface area contributed by atoms with Crippen molar-refractivity contribution in [2.24, 2.45) is 5.73 Å². The molecule has 1 saturated heterocycles. The van der Waals surface area contributed by atoms with Gasteiger partial charge in [0.2, 0.25) is 6.29 Å². The maximum atomic E-state index is 9.78. The first-order chi connectivity index (χ1) is 9.11. The van der Waals surface area contributed by atoms with E-state index in [2.05, 4.69) is 0 Å². The Bertz CT molecular complexity index is 398. The van der Waals surface area contributed by atoms with E-state index in [0.29, 0.717) is 5.75 Å². The van der Waals surface area contributed by atoms with Crippen LogP contribution in [0.4, 0.5) is 0 Å². The Labute approximate surface area is 110 Å². The summed E-state index contributed by atoms with van der Waals surface area (Å²) in [7, 11) is 0. The highest BCUT2D eigenvalue weighted by Crippen LogP contribution is 2.26. The Hall–Kier alpha value is -1.38. The first kappa shape index (κ1) is 14.0. The molecule has 1 aliphatic heterocycles. The highest BCUT2D eigenvalue weighted by Gasteiger charge is 2.45. The average Bonchev–Trinajstić information content (AvgIpc) is 2.67. The number of phenolic OH excluding ortho intramolecular Hbond substituents is 1. The minimum absolute atomic E-state index is 0.103. The first-order valence-electron chi connectivity index (χ1n) is 5.91. The normalized spacial score (nSPS) is 30.5. The van der Waals surface area contributed by atoms with Crippen molar-refractivity contribution in [2.45, 2.75) is 24.8 Å². The van der Waals surface area contributed by atoms with Gasteiger partial charge < -0.3 is 35.3 Å². The van der Waals surface area contributed by atoms with Crippen molar-refractivity contribution in [1.82, 2.24) is 0 Å². The second kappa shape index (κ2) is 6.18. The quantitative estimate of drug-likeness (QED) is 0.551. The van der Waals surface area contributed by atoms with E-state index in [1.807, 2.05) is 0 Å². The van der Waals surface area contributed by atoms with Crippen LogP contribution in [0.3, 0.4) is 0 Å². The van der Waals surface area contributed by atoms with Gasteiger partial charge in [0.1, 0.15) is 17.6 Å². The highest BCUT2D eigenvalue weighted by molar-refractivity contribution is 5.30. The van der Waals surface area contributed by atoms with E-state index < -0.39 is 24.8 Å². The molecule has 0 radical (unpaired) electrons. The van der Waals surface area contributed by atoms with Crippen molar-refractivity contribution in [3.63, 3.8) is 0 Å². The molecule has 1 aromatic carbocycles. The number of rotatable bonds is 5. The molecule has 1 aliphatic rings. The molecule has 106 valence electrons. The van der Waals surface area contributed by atoms with Gasteiger partial charge in [-0.15, -0.1) is 0 Å². The molecular weight excluding hydrogens is 254 g/mol. The fourth-order valence-corrected chi connectivity index (χ4v) is 1.74. The van der Waals surface area contributed by atoms with E-state index in [4.69, 9.17) is 19.9 Å². The zero-order valence-corrected chi connectivity index (χ0v) is 10.2. The third kappa shape index (κ3) is 3.34. The molecule has 0 saturated carbocycles. The first-order valence-corrected chi connectivity index (χ1v) is 5.91. The molecule has 5 N–H and O–H groups in total. The van der Waals surface area contributed by atoms with Gasteiger partial charge in [-0.3, -0.25) is 0 Å². The molecule has 0 bridgehead atoms. The molecular formula is C12H17NO6. The number of phenols is 1. The van der Waals surface area contributed by atoms with Crippen LogP contribution in [0, 0.1) is 0 Å². The number of benzene rings is 1. The van der Waals surface area contributed by atoms with Crippen LogP contribution < -0.4 is 10.5 Å². The monoisotopic (exact) mass is 271 g/mol. The van der Waals surface area contributed by atoms with Crippen LogP contribution in [0.25, 0.3) is 0 Å². The van der Waals surface area contributed by atoms with Crippen LogP contribution in [0.2, 0.25) is 0 Å². The Kier molecular flexibility index (Phi) is 4.56. The van der Waals surface area contributed by atoms with Crippen molar-refractivity contribution in [2.75, 3.05) is 13.2 Å². The van der Waals surface area contributed by atoms with Gasteiger partial charge in [0, 0.05) is 6.54 Å². The van der Waals surface area contributed by atoms with Crippen molar-refractivity contribution < 1.29 is 29.5 Å². The summed E-state index contributed by atoms with van der Waals surface area (Å²) < 4.78 is 15.8. The van der Waals surface area contributed by atoms with Crippen molar-refractivity contribution in [1.29, 1.82) is 0 Å². The highest BCUT2D eigenvalue weighted by atomic mass is 16.8. The Balaban J connectivity index is 2.04. The average molecular weight is 271 g/mol. The summed E-state index contributed by atoms with van der Waals surface area (Å²) >= 11 is 0. The van der Waals surface area contributed by atoms with Gasteiger partial charge in [-0.1, -0.05) is 0 Å². The van der Waals surface area contributed by atoms with Gasteiger partial charge in [0.25, 0.3) is 0 Å². The van der Waals surface area contributed by atoms with E-state index in [-0.39, 0.29) is 18.9 Å². The van der Waals surface area contributed by atoms with E-state index in [0.717, 1.165) is 0 Å². The molecule has 19 heavy (non-hydrogen) atoms. The second-order valence-electron chi connectivity index (χ2n) is 4.12. The lowest BCUT2D eigenvalue weighted by Crippen LogP contribution is -2.39. The molecule has 4 unspecified atom stereocenters. The maximum Gasteiger partial charge on any atom is 0.200 e. The molecule has 0 amide bonds. The van der Waals surface area contributed by atoms with Gasteiger partial charge in [0.05, 0.1) is 6.61 Å². The summed E-state index contributed by atoms with van der Waals surface area (Å²) in [5.41, 5.74) is 5.32. The zero-order valence-electron chi connectivity index (χ0n) is 10.2. The fourth-order valence-electron chi connectivity index (χ4n) is 1.74. The molecule has 0 aromatic heterocycles. The van der Waals surface area contributed by atoms with Gasteiger partial charge in [-0.25, -0.2) is 0 Å². The Morgan fingerprint density at radius 2 is 1.89 bits per heavy atom. The van der Waals surface area contributed by atoms with Crippen LogP contribution >= 0.6 is 0 Å². The lowest BCUT2D eigenvalue weighted by atomic mass is 10.2. The number of hydrogen-bond acceptors (Lipinski definition) is 7. The van der Waals surface area contributed by atoms with Gasteiger partial charge in [-0.05, 0) is 24.3 Å². The molecule has 1 fully saturated rings. The summed E-state index contributed by atoms with van der Waals surface area (Å²) in [6.45, 7) is 0.511. The number of aliphatic hydroxyl groups excluding tert-OH is 2. The number of aliphatic hydroxyl groups is 2. The fraction of sp³-hybridized carbons (Fsp3) is 0.500.